The van der Waals surface area contributed by atoms with E-state index in [-0.39, 0.29) is 0 Å². The highest BCUT2D eigenvalue weighted by Crippen LogP contribution is 2.43. The number of halogens is 2. The van der Waals surface area contributed by atoms with Crippen LogP contribution in [-0.4, -0.2) is 26.6 Å². The summed E-state index contributed by atoms with van der Waals surface area (Å²) in [6.07, 6.45) is 4.78. The molecule has 0 amide bonds. The monoisotopic (exact) mass is 315 g/mol. The van der Waals surface area contributed by atoms with Crippen molar-refractivity contribution in [1.29, 1.82) is 0 Å². The molecule has 0 saturated carbocycles. The number of nitrogens with zero attached hydrogens (tertiary/aromatic N) is 3. The Kier molecular flexibility index (Phi) is 2.66. The van der Waals surface area contributed by atoms with Crippen LogP contribution in [0.5, 0.6) is 0 Å². The van der Waals surface area contributed by atoms with Crippen LogP contribution in [0.3, 0.4) is 0 Å². The van der Waals surface area contributed by atoms with Crippen LogP contribution in [-0.2, 0) is 0 Å². The van der Waals surface area contributed by atoms with Crippen LogP contribution in [0, 0.1) is 13.8 Å². The lowest BCUT2D eigenvalue weighted by molar-refractivity contribution is -0.363. The maximum absolute atomic E-state index is 15.3. The number of hydrogen-bond acceptors (Lipinski definition) is 2. The molecular formula is C16H16BF2N3O. The van der Waals surface area contributed by atoms with Gasteiger partial charge in [-0.05, 0) is 38.1 Å². The van der Waals surface area contributed by atoms with Crippen molar-refractivity contribution < 1.29 is 17.5 Å². The predicted molar refractivity (Wildman–Crippen MR) is 84.5 cm³/mol. The quantitative estimate of drug-likeness (QED) is 0.755. The fourth-order valence-electron chi connectivity index (χ4n) is 3.85. The van der Waals surface area contributed by atoms with Gasteiger partial charge in [0.15, 0.2) is 5.70 Å². The maximum Gasteiger partial charge on any atom is 0.737 e. The summed E-state index contributed by atoms with van der Waals surface area (Å²) in [6.45, 7) is 3.15. The van der Waals surface area contributed by atoms with E-state index < -0.39 is 6.97 Å². The number of hydrogen-bond donors (Lipinski definition) is 0. The summed E-state index contributed by atoms with van der Waals surface area (Å²) in [4.78, 5) is 4.22. The molecule has 23 heavy (non-hydrogen) atoms. The minimum atomic E-state index is -3.94. The van der Waals surface area contributed by atoms with Crippen LogP contribution < -0.4 is 0 Å². The molecule has 0 aromatic carbocycles. The second-order valence-electron chi connectivity index (χ2n) is 6.18. The first-order valence-corrected chi connectivity index (χ1v) is 7.51. The third-order valence-electron chi connectivity index (χ3n) is 4.58. The van der Waals surface area contributed by atoms with Crippen molar-refractivity contribution in [2.45, 2.75) is 27.7 Å². The molecule has 0 atom stereocenters. The van der Waals surface area contributed by atoms with Gasteiger partial charge in [0, 0.05) is 24.3 Å². The topological polar surface area (TPSA) is 34.0 Å². The van der Waals surface area contributed by atoms with Crippen LogP contribution in [0.4, 0.5) is 8.63 Å². The average molecular weight is 315 g/mol. The average Bonchev–Trinajstić information content (AvgIpc) is 3.12. The van der Waals surface area contributed by atoms with E-state index in [1.807, 2.05) is 13.8 Å². The van der Waals surface area contributed by atoms with Gasteiger partial charge in [0.1, 0.15) is 17.5 Å². The summed E-state index contributed by atoms with van der Waals surface area (Å²) in [5.74, 6) is 0.362. The molecule has 2 aliphatic rings. The fourth-order valence-corrected chi connectivity index (χ4v) is 3.85. The minimum Gasteiger partial charge on any atom is -0.444 e. The van der Waals surface area contributed by atoms with Gasteiger partial charge >= 0.3 is 6.97 Å². The molecule has 2 aromatic rings. The SMILES string of the molecule is CC1=CC(C)=[N+]2C1=C(c1ncco1)c1c(C)cc(C)n1[B-]2(F)F. The largest absolute Gasteiger partial charge is 0.737 e. The number of rotatable bonds is 1. The van der Waals surface area contributed by atoms with E-state index in [9.17, 15) is 0 Å². The molecule has 4 nitrogen and oxygen atoms in total. The van der Waals surface area contributed by atoms with Crippen molar-refractivity contribution in [2.24, 2.45) is 0 Å². The molecule has 0 spiro atoms. The lowest BCUT2D eigenvalue weighted by Crippen LogP contribution is -2.51. The molecule has 0 bridgehead atoms. The molecule has 0 unspecified atom stereocenters. The molecule has 0 fully saturated rings. The molecule has 2 aromatic heterocycles. The summed E-state index contributed by atoms with van der Waals surface area (Å²) in [7, 11) is 0. The van der Waals surface area contributed by atoms with E-state index in [2.05, 4.69) is 4.98 Å². The molecule has 0 saturated heterocycles. The molecule has 7 heteroatoms. The van der Waals surface area contributed by atoms with Crippen LogP contribution in [0.2, 0.25) is 0 Å². The van der Waals surface area contributed by atoms with Gasteiger partial charge in [-0.25, -0.2) is 4.98 Å². The zero-order valence-corrected chi connectivity index (χ0v) is 13.4. The molecule has 0 aliphatic carbocycles. The second-order valence-corrected chi connectivity index (χ2v) is 6.18. The van der Waals surface area contributed by atoms with Crippen LogP contribution in [0.15, 0.2) is 40.3 Å². The van der Waals surface area contributed by atoms with Gasteiger partial charge in [-0.1, -0.05) is 0 Å². The molecule has 118 valence electrons. The first-order valence-electron chi connectivity index (χ1n) is 7.51. The van der Waals surface area contributed by atoms with Gasteiger partial charge < -0.3 is 22.0 Å². The van der Waals surface area contributed by atoms with Gasteiger partial charge in [-0.2, -0.15) is 0 Å². The molecule has 0 radical (unpaired) electrons. The summed E-state index contributed by atoms with van der Waals surface area (Å²) < 4.78 is 38.3. The Morgan fingerprint density at radius 3 is 2.61 bits per heavy atom. The number of allylic oxidation sites excluding steroid dienone is 2. The van der Waals surface area contributed by atoms with E-state index >= 15 is 8.63 Å². The highest BCUT2D eigenvalue weighted by Gasteiger charge is 2.55. The first kappa shape index (κ1) is 14.2. The van der Waals surface area contributed by atoms with Gasteiger partial charge in [0.25, 0.3) is 0 Å². The highest BCUT2D eigenvalue weighted by atomic mass is 19.2. The summed E-state index contributed by atoms with van der Waals surface area (Å²) >= 11 is 0. The predicted octanol–water partition coefficient (Wildman–Crippen LogP) is 3.52. The molecule has 2 aliphatic heterocycles. The maximum atomic E-state index is 15.3. The van der Waals surface area contributed by atoms with E-state index in [4.69, 9.17) is 4.42 Å². The van der Waals surface area contributed by atoms with Gasteiger partial charge in [-0.3, -0.25) is 0 Å². The normalized spacial score (nSPS) is 19.1. The highest BCUT2D eigenvalue weighted by molar-refractivity contribution is 6.58. The number of aryl methyl sites for hydroxylation is 2. The zero-order chi connectivity index (χ0) is 16.5. The van der Waals surface area contributed by atoms with Crippen molar-refractivity contribution in [3.63, 3.8) is 0 Å². The third kappa shape index (κ3) is 1.65. The van der Waals surface area contributed by atoms with Crippen LogP contribution >= 0.6 is 0 Å². The smallest absolute Gasteiger partial charge is 0.444 e. The van der Waals surface area contributed by atoms with E-state index in [1.165, 1.54) is 12.5 Å². The molecular weight excluding hydrogens is 299 g/mol. The standard InChI is InChI=1S/C16H16BF2N3O/c1-9-7-11(3)21-14(9)13(16-20-5-6-23-16)15-10(2)8-12(4)22(15)17(21,18)19/h5-8H,1-4H3. The van der Waals surface area contributed by atoms with E-state index in [0.29, 0.717) is 34.3 Å². The van der Waals surface area contributed by atoms with E-state index in [1.54, 1.807) is 26.0 Å². The van der Waals surface area contributed by atoms with E-state index in [0.717, 1.165) is 20.1 Å². The zero-order valence-electron chi connectivity index (χ0n) is 13.4. The Balaban J connectivity index is 2.20. The third-order valence-corrected chi connectivity index (χ3v) is 4.58. The Morgan fingerprint density at radius 1 is 1.22 bits per heavy atom. The summed E-state index contributed by atoms with van der Waals surface area (Å²) in [5.41, 5.74) is 4.25. The molecule has 4 rings (SSSR count). The van der Waals surface area contributed by atoms with Crippen LogP contribution in [0.25, 0.3) is 5.57 Å². The lowest BCUT2D eigenvalue weighted by Gasteiger charge is -2.33. The van der Waals surface area contributed by atoms with Crippen molar-refractivity contribution >= 4 is 18.3 Å². The summed E-state index contributed by atoms with van der Waals surface area (Å²) in [5, 5.41) is 0. The number of oxazole rings is 1. The minimum absolute atomic E-state index is 0.362. The van der Waals surface area contributed by atoms with Gasteiger partial charge in [-0.15, -0.1) is 0 Å². The van der Waals surface area contributed by atoms with Crippen molar-refractivity contribution in [2.75, 3.05) is 0 Å². The lowest BCUT2D eigenvalue weighted by atomic mass is 9.86. The van der Waals surface area contributed by atoms with Gasteiger partial charge in [0.2, 0.25) is 5.89 Å². The molecule has 4 heterocycles. The second kappa shape index (κ2) is 4.31. The summed E-state index contributed by atoms with van der Waals surface area (Å²) in [6, 6.07) is 1.78. The van der Waals surface area contributed by atoms with Gasteiger partial charge in [0.05, 0.1) is 6.20 Å². The van der Waals surface area contributed by atoms with Crippen molar-refractivity contribution in [3.05, 3.63) is 58.7 Å². The number of aromatic nitrogens is 2. The Morgan fingerprint density at radius 2 is 1.96 bits per heavy atom. The van der Waals surface area contributed by atoms with Crippen molar-refractivity contribution in [1.82, 2.24) is 9.46 Å². The molecule has 0 N–H and O–H groups in total. The first-order chi connectivity index (χ1) is 10.8. The Bertz CT molecular complexity index is 933. The number of fused-ring (bicyclic) bond motifs is 2. The Labute approximate surface area is 132 Å². The van der Waals surface area contributed by atoms with Crippen molar-refractivity contribution in [3.8, 4) is 0 Å². The van der Waals surface area contributed by atoms with Crippen LogP contribution in [0.1, 0.15) is 36.7 Å². The Hall–Kier alpha value is -2.44. The fraction of sp³-hybridized carbons (Fsp3) is 0.250.